The van der Waals surface area contributed by atoms with Crippen molar-refractivity contribution in [3.63, 3.8) is 0 Å². The lowest BCUT2D eigenvalue weighted by Gasteiger charge is -2.39. The van der Waals surface area contributed by atoms with Gasteiger partial charge in [0.2, 0.25) is 0 Å². The third kappa shape index (κ3) is 9.19. The average Bonchev–Trinajstić information content (AvgIpc) is 2.56. The summed E-state index contributed by atoms with van der Waals surface area (Å²) in [6.45, 7) is 15.7. The summed E-state index contributed by atoms with van der Waals surface area (Å²) in [5.41, 5.74) is 0. The maximum Gasteiger partial charge on any atom is 0.328 e. The summed E-state index contributed by atoms with van der Waals surface area (Å²) < 4.78 is 18.2. The van der Waals surface area contributed by atoms with Gasteiger partial charge in [-0.25, -0.2) is 4.79 Å². The number of carboxylic acid groups (broad SMARTS) is 1. The van der Waals surface area contributed by atoms with Crippen molar-refractivity contribution >= 4 is 14.3 Å². The molecule has 156 valence electrons. The van der Waals surface area contributed by atoms with Crippen LogP contribution in [0.4, 0.5) is 0 Å². The molecule has 3 atom stereocenters. The molecule has 0 saturated carbocycles. The number of ether oxygens (including phenoxy) is 2. The van der Waals surface area contributed by atoms with Crippen LogP contribution in [0.25, 0.3) is 0 Å². The van der Waals surface area contributed by atoms with Crippen molar-refractivity contribution in [2.45, 2.75) is 95.9 Å². The summed E-state index contributed by atoms with van der Waals surface area (Å²) in [5, 5.41) is 9.11. The fourth-order valence-electron chi connectivity index (χ4n) is 2.77. The SMILES string of the molecule is C=CC[C@@H](CC[C@H](/C=C/C(=O)O)OC1CCCCO1)O[Si](C)(C)C(C)(C)C. The molecular weight excluding hydrogens is 360 g/mol. The fourth-order valence-corrected chi connectivity index (χ4v) is 4.17. The summed E-state index contributed by atoms with van der Waals surface area (Å²) in [5.74, 6) is -0.965. The molecule has 1 aliphatic heterocycles. The Hall–Kier alpha value is -0.953. The van der Waals surface area contributed by atoms with E-state index < -0.39 is 14.3 Å². The normalized spacial score (nSPS) is 21.1. The van der Waals surface area contributed by atoms with Crippen molar-refractivity contribution in [1.82, 2.24) is 0 Å². The van der Waals surface area contributed by atoms with E-state index in [4.69, 9.17) is 19.0 Å². The quantitative estimate of drug-likeness (QED) is 0.291. The van der Waals surface area contributed by atoms with Crippen LogP contribution in [0.2, 0.25) is 18.1 Å². The molecule has 1 rings (SSSR count). The summed E-state index contributed by atoms with van der Waals surface area (Å²) in [6, 6.07) is 0. The third-order valence-corrected chi connectivity index (χ3v) is 9.92. The molecule has 6 heteroatoms. The number of hydrogen-bond donors (Lipinski definition) is 1. The van der Waals surface area contributed by atoms with Crippen molar-refractivity contribution < 1.29 is 23.8 Å². The number of hydrogen-bond acceptors (Lipinski definition) is 4. The van der Waals surface area contributed by atoms with E-state index in [0.717, 1.165) is 38.2 Å². The molecule has 0 aliphatic carbocycles. The predicted octanol–water partition coefficient (Wildman–Crippen LogP) is 5.29. The van der Waals surface area contributed by atoms with Gasteiger partial charge in [-0.05, 0) is 62.7 Å². The molecule has 0 radical (unpaired) electrons. The third-order valence-electron chi connectivity index (χ3n) is 5.39. The lowest BCUT2D eigenvalue weighted by molar-refractivity contribution is -0.180. The first kappa shape index (κ1) is 24.1. The Bertz CT molecular complexity index is 489. The topological polar surface area (TPSA) is 65.0 Å². The molecule has 1 fully saturated rings. The van der Waals surface area contributed by atoms with Gasteiger partial charge >= 0.3 is 5.97 Å². The summed E-state index contributed by atoms with van der Waals surface area (Å²) in [7, 11) is -1.88. The molecule has 0 aromatic carbocycles. The Morgan fingerprint density at radius 2 is 2.04 bits per heavy atom. The first-order chi connectivity index (χ1) is 12.5. The van der Waals surface area contributed by atoms with Gasteiger partial charge in [0.05, 0.1) is 6.10 Å². The highest BCUT2D eigenvalue weighted by Crippen LogP contribution is 2.38. The van der Waals surface area contributed by atoms with E-state index in [2.05, 4.69) is 40.4 Å². The standard InChI is InChI=1S/C21H38O5Si/c1-7-10-18(26-27(5,6)21(2,3)4)13-12-17(14-15-19(22)23)25-20-11-8-9-16-24-20/h7,14-15,17-18,20H,1,8-13,16H2,2-6H3,(H,22,23)/b15-14+/t17-,18+,20?/m1/s1. The van der Waals surface area contributed by atoms with E-state index >= 15 is 0 Å². The minimum Gasteiger partial charge on any atom is -0.478 e. The minimum absolute atomic E-state index is 0.0694. The Balaban J connectivity index is 2.72. The van der Waals surface area contributed by atoms with Crippen LogP contribution in [-0.4, -0.2) is 44.5 Å². The Kier molecular flexibility index (Phi) is 9.94. The molecule has 0 amide bonds. The number of carboxylic acids is 1. The van der Waals surface area contributed by atoms with E-state index in [1.807, 2.05) is 6.08 Å². The predicted molar refractivity (Wildman–Crippen MR) is 111 cm³/mol. The minimum atomic E-state index is -1.88. The second-order valence-corrected chi connectivity index (χ2v) is 13.5. The van der Waals surface area contributed by atoms with Crippen LogP contribution in [0.1, 0.15) is 59.3 Å². The number of carbonyl (C=O) groups is 1. The number of aliphatic carboxylic acids is 1. The van der Waals surface area contributed by atoms with Crippen molar-refractivity contribution in [3.8, 4) is 0 Å². The van der Waals surface area contributed by atoms with E-state index in [-0.39, 0.29) is 23.5 Å². The van der Waals surface area contributed by atoms with E-state index in [9.17, 15) is 4.79 Å². The zero-order chi connectivity index (χ0) is 20.5. The molecule has 1 N–H and O–H groups in total. The summed E-state index contributed by atoms with van der Waals surface area (Å²) in [4.78, 5) is 10.9. The van der Waals surface area contributed by atoms with E-state index in [0.29, 0.717) is 13.0 Å². The van der Waals surface area contributed by atoms with Gasteiger partial charge in [-0.3, -0.25) is 0 Å². The molecule has 1 unspecified atom stereocenters. The smallest absolute Gasteiger partial charge is 0.328 e. The van der Waals surface area contributed by atoms with Gasteiger partial charge in [0, 0.05) is 18.8 Å². The molecule has 0 bridgehead atoms. The summed E-state index contributed by atoms with van der Waals surface area (Å²) in [6.07, 6.45) is 9.45. The molecule has 0 spiro atoms. The van der Waals surface area contributed by atoms with Crippen LogP contribution in [-0.2, 0) is 18.7 Å². The molecule has 5 nitrogen and oxygen atoms in total. The average molecular weight is 399 g/mol. The van der Waals surface area contributed by atoms with Crippen LogP contribution in [0, 0.1) is 0 Å². The van der Waals surface area contributed by atoms with Crippen LogP contribution in [0.5, 0.6) is 0 Å². The van der Waals surface area contributed by atoms with Gasteiger partial charge in [-0.1, -0.05) is 26.8 Å². The first-order valence-corrected chi connectivity index (χ1v) is 12.9. The van der Waals surface area contributed by atoms with Gasteiger partial charge in [0.1, 0.15) is 0 Å². The van der Waals surface area contributed by atoms with Crippen LogP contribution >= 0.6 is 0 Å². The monoisotopic (exact) mass is 398 g/mol. The highest BCUT2D eigenvalue weighted by molar-refractivity contribution is 6.74. The van der Waals surface area contributed by atoms with Gasteiger partial charge in [0.25, 0.3) is 0 Å². The Morgan fingerprint density at radius 3 is 2.56 bits per heavy atom. The second-order valence-electron chi connectivity index (χ2n) is 8.77. The van der Waals surface area contributed by atoms with E-state index in [1.165, 1.54) is 0 Å². The summed E-state index contributed by atoms with van der Waals surface area (Å²) >= 11 is 0. The van der Waals surface area contributed by atoms with Crippen molar-refractivity contribution in [1.29, 1.82) is 0 Å². The van der Waals surface area contributed by atoms with Gasteiger partial charge < -0.3 is 19.0 Å². The molecule has 1 saturated heterocycles. The molecule has 0 aromatic rings. The van der Waals surface area contributed by atoms with Crippen molar-refractivity contribution in [2.75, 3.05) is 6.61 Å². The number of rotatable bonds is 11. The highest BCUT2D eigenvalue weighted by Gasteiger charge is 2.39. The zero-order valence-electron chi connectivity index (χ0n) is 17.7. The van der Waals surface area contributed by atoms with Gasteiger partial charge in [0.15, 0.2) is 14.6 Å². The van der Waals surface area contributed by atoms with Gasteiger partial charge in [-0.2, -0.15) is 0 Å². The lowest BCUT2D eigenvalue weighted by atomic mass is 10.1. The molecule has 0 aromatic heterocycles. The second kappa shape index (κ2) is 11.1. The molecule has 1 heterocycles. The largest absolute Gasteiger partial charge is 0.478 e. The van der Waals surface area contributed by atoms with Crippen molar-refractivity contribution in [2.24, 2.45) is 0 Å². The molecule has 27 heavy (non-hydrogen) atoms. The molecular formula is C21H38O5Si. The Labute approximate surface area is 165 Å². The first-order valence-electron chi connectivity index (χ1n) is 10.0. The zero-order valence-corrected chi connectivity index (χ0v) is 18.7. The van der Waals surface area contributed by atoms with E-state index in [1.54, 1.807) is 6.08 Å². The van der Waals surface area contributed by atoms with Crippen LogP contribution in [0.3, 0.4) is 0 Å². The maximum absolute atomic E-state index is 10.9. The Morgan fingerprint density at radius 1 is 1.33 bits per heavy atom. The maximum atomic E-state index is 10.9. The molecule has 1 aliphatic rings. The fraction of sp³-hybridized carbons (Fsp3) is 0.762. The van der Waals surface area contributed by atoms with Crippen LogP contribution in [0.15, 0.2) is 24.8 Å². The van der Waals surface area contributed by atoms with Crippen molar-refractivity contribution in [3.05, 3.63) is 24.8 Å². The van der Waals surface area contributed by atoms with Crippen LogP contribution < -0.4 is 0 Å². The van der Waals surface area contributed by atoms with Gasteiger partial charge in [-0.15, -0.1) is 6.58 Å². The lowest BCUT2D eigenvalue weighted by Crippen LogP contribution is -2.44. The highest BCUT2D eigenvalue weighted by atomic mass is 28.4.